The Hall–Kier alpha value is -2.84. The van der Waals surface area contributed by atoms with E-state index in [1.165, 1.54) is 28.6 Å². The zero-order chi connectivity index (χ0) is 26.6. The van der Waals surface area contributed by atoms with Crippen LogP contribution in [0.25, 0.3) is 0 Å². The Morgan fingerprint density at radius 2 is 1.58 bits per heavy atom. The van der Waals surface area contributed by atoms with Crippen molar-refractivity contribution in [3.05, 3.63) is 54.1 Å². The highest BCUT2D eigenvalue weighted by molar-refractivity contribution is 7.92. The van der Waals surface area contributed by atoms with E-state index in [0.717, 1.165) is 43.4 Å². The lowest BCUT2D eigenvalue weighted by molar-refractivity contribution is -0.137. The number of hydrogen-bond donors (Lipinski definition) is 1. The predicted molar refractivity (Wildman–Crippen MR) is 127 cm³/mol. The Labute approximate surface area is 207 Å². The SMILES string of the molecule is CS(=O)(=O)N(CC(=O)NCCOc1ccc(S(=O)(=O)N2CCCC2)cc1)c1ccc(C(F)(F)F)cc1. The van der Waals surface area contributed by atoms with Gasteiger partial charge in [-0.2, -0.15) is 17.5 Å². The van der Waals surface area contributed by atoms with Crippen LogP contribution in [-0.2, 0) is 31.0 Å². The maximum absolute atomic E-state index is 12.8. The van der Waals surface area contributed by atoms with Gasteiger partial charge in [0.25, 0.3) is 0 Å². The minimum atomic E-state index is -4.58. The lowest BCUT2D eigenvalue weighted by Gasteiger charge is -2.22. The molecule has 0 aromatic heterocycles. The molecule has 1 amide bonds. The minimum absolute atomic E-state index is 0.0112. The highest BCUT2D eigenvalue weighted by atomic mass is 32.2. The molecule has 2 aromatic carbocycles. The summed E-state index contributed by atoms with van der Waals surface area (Å²) in [7, 11) is -7.49. The van der Waals surface area contributed by atoms with Gasteiger partial charge in [-0.1, -0.05) is 0 Å². The molecule has 1 N–H and O–H groups in total. The summed E-state index contributed by atoms with van der Waals surface area (Å²) in [6.45, 7) is 0.388. The van der Waals surface area contributed by atoms with Gasteiger partial charge in [0.1, 0.15) is 18.9 Å². The molecule has 0 unspecified atom stereocenters. The summed E-state index contributed by atoms with van der Waals surface area (Å²) in [5, 5.41) is 2.48. The number of ether oxygens (including phenoxy) is 1. The summed E-state index contributed by atoms with van der Waals surface area (Å²) in [4.78, 5) is 12.4. The van der Waals surface area contributed by atoms with E-state index in [9.17, 15) is 34.8 Å². The lowest BCUT2D eigenvalue weighted by atomic mass is 10.2. The van der Waals surface area contributed by atoms with Gasteiger partial charge >= 0.3 is 6.18 Å². The largest absolute Gasteiger partial charge is 0.492 e. The van der Waals surface area contributed by atoms with Gasteiger partial charge in [0.15, 0.2) is 0 Å². The minimum Gasteiger partial charge on any atom is -0.492 e. The van der Waals surface area contributed by atoms with Crippen LogP contribution in [0.3, 0.4) is 0 Å². The molecule has 1 saturated heterocycles. The fourth-order valence-electron chi connectivity index (χ4n) is 3.55. The van der Waals surface area contributed by atoms with E-state index in [4.69, 9.17) is 4.74 Å². The number of carbonyl (C=O) groups excluding carboxylic acids is 1. The van der Waals surface area contributed by atoms with Crippen LogP contribution in [0.5, 0.6) is 5.75 Å². The van der Waals surface area contributed by atoms with Crippen molar-refractivity contribution in [1.29, 1.82) is 0 Å². The molecule has 0 radical (unpaired) electrons. The average Bonchev–Trinajstić information content (AvgIpc) is 3.35. The summed E-state index contributed by atoms with van der Waals surface area (Å²) in [6.07, 6.45) is -2.07. The first-order chi connectivity index (χ1) is 16.8. The molecule has 0 bridgehead atoms. The number of benzene rings is 2. The van der Waals surface area contributed by atoms with Gasteiger partial charge in [0, 0.05) is 13.1 Å². The molecule has 0 atom stereocenters. The second-order valence-electron chi connectivity index (χ2n) is 8.10. The molecule has 14 heteroatoms. The molecule has 0 saturated carbocycles. The van der Waals surface area contributed by atoms with Crippen LogP contribution in [0.2, 0.25) is 0 Å². The Morgan fingerprint density at radius 1 is 1.00 bits per heavy atom. The lowest BCUT2D eigenvalue weighted by Crippen LogP contribution is -2.41. The Balaban J connectivity index is 1.51. The van der Waals surface area contributed by atoms with Crippen molar-refractivity contribution in [3.8, 4) is 5.75 Å². The fraction of sp³-hybridized carbons (Fsp3) is 0.409. The van der Waals surface area contributed by atoms with E-state index >= 15 is 0 Å². The van der Waals surface area contributed by atoms with Crippen molar-refractivity contribution >= 4 is 31.6 Å². The first kappa shape index (κ1) is 27.7. The molecule has 198 valence electrons. The fourth-order valence-corrected chi connectivity index (χ4v) is 5.92. The van der Waals surface area contributed by atoms with Crippen molar-refractivity contribution in [2.45, 2.75) is 23.9 Å². The third kappa shape index (κ3) is 7.11. The summed E-state index contributed by atoms with van der Waals surface area (Å²) in [5.74, 6) is -0.303. The van der Waals surface area contributed by atoms with Gasteiger partial charge in [-0.05, 0) is 61.4 Å². The summed E-state index contributed by atoms with van der Waals surface area (Å²) >= 11 is 0. The molecule has 9 nitrogen and oxygen atoms in total. The topological polar surface area (TPSA) is 113 Å². The highest BCUT2D eigenvalue weighted by Crippen LogP contribution is 2.31. The molecule has 1 fully saturated rings. The van der Waals surface area contributed by atoms with Gasteiger partial charge in [0.05, 0.1) is 28.9 Å². The number of sulfonamides is 2. The summed E-state index contributed by atoms with van der Waals surface area (Å²) in [5.41, 5.74) is -1.02. The number of anilines is 1. The normalized spacial score (nSPS) is 15.0. The van der Waals surface area contributed by atoms with Crippen molar-refractivity contribution in [2.24, 2.45) is 0 Å². The van der Waals surface area contributed by atoms with Crippen LogP contribution in [0.4, 0.5) is 18.9 Å². The van der Waals surface area contributed by atoms with Gasteiger partial charge in [-0.25, -0.2) is 16.8 Å². The van der Waals surface area contributed by atoms with E-state index in [1.54, 1.807) is 0 Å². The van der Waals surface area contributed by atoms with E-state index in [-0.39, 0.29) is 23.7 Å². The van der Waals surface area contributed by atoms with E-state index in [0.29, 0.717) is 23.1 Å². The first-order valence-electron chi connectivity index (χ1n) is 10.9. The van der Waals surface area contributed by atoms with E-state index in [1.807, 2.05) is 0 Å². The predicted octanol–water partition coefficient (Wildman–Crippen LogP) is 2.45. The maximum Gasteiger partial charge on any atom is 0.416 e. The molecule has 1 aliphatic rings. The number of alkyl halides is 3. The number of amides is 1. The highest BCUT2D eigenvalue weighted by Gasteiger charge is 2.31. The smallest absolute Gasteiger partial charge is 0.416 e. The molecule has 3 rings (SSSR count). The zero-order valence-electron chi connectivity index (χ0n) is 19.4. The quantitative estimate of drug-likeness (QED) is 0.456. The van der Waals surface area contributed by atoms with E-state index < -0.39 is 44.2 Å². The number of nitrogens with zero attached hydrogens (tertiary/aromatic N) is 2. The van der Waals surface area contributed by atoms with Crippen LogP contribution < -0.4 is 14.4 Å². The molecular weight excluding hydrogens is 523 g/mol. The standard InChI is InChI=1S/C22H26F3N3O6S2/c1-35(30,31)28(18-6-4-17(5-7-18)22(23,24)25)16-21(29)26-12-15-34-19-8-10-20(11-9-19)36(32,33)27-13-2-3-14-27/h4-11H,2-3,12-16H2,1H3,(H,26,29). The maximum atomic E-state index is 12.8. The third-order valence-corrected chi connectivity index (χ3v) is 8.44. The molecule has 0 aliphatic carbocycles. The van der Waals surface area contributed by atoms with Crippen LogP contribution in [-0.4, -0.2) is 66.1 Å². The second-order valence-corrected chi connectivity index (χ2v) is 11.9. The van der Waals surface area contributed by atoms with Crippen molar-refractivity contribution in [2.75, 3.05) is 43.3 Å². The van der Waals surface area contributed by atoms with Crippen LogP contribution in [0.15, 0.2) is 53.4 Å². The molecular formula is C22H26F3N3O6S2. The first-order valence-corrected chi connectivity index (χ1v) is 14.2. The zero-order valence-corrected chi connectivity index (χ0v) is 21.0. The van der Waals surface area contributed by atoms with Gasteiger partial charge in [-0.15, -0.1) is 0 Å². The molecule has 36 heavy (non-hydrogen) atoms. The van der Waals surface area contributed by atoms with Gasteiger partial charge in [0.2, 0.25) is 26.0 Å². The summed E-state index contributed by atoms with van der Waals surface area (Å²) < 4.78 is 95.2. The molecule has 2 aromatic rings. The van der Waals surface area contributed by atoms with Crippen molar-refractivity contribution < 1.29 is 39.5 Å². The molecule has 1 heterocycles. The second kappa shape index (κ2) is 11.0. The Morgan fingerprint density at radius 3 is 2.11 bits per heavy atom. The number of hydrogen-bond acceptors (Lipinski definition) is 6. The number of nitrogens with one attached hydrogen (secondary N) is 1. The molecule has 1 aliphatic heterocycles. The van der Waals surface area contributed by atoms with Crippen LogP contribution in [0, 0.1) is 0 Å². The summed E-state index contributed by atoms with van der Waals surface area (Å²) in [6, 6.07) is 9.32. The van der Waals surface area contributed by atoms with Crippen LogP contribution in [0.1, 0.15) is 18.4 Å². The van der Waals surface area contributed by atoms with Gasteiger partial charge < -0.3 is 10.1 Å². The number of halogens is 3. The Bertz CT molecular complexity index is 1260. The third-order valence-electron chi connectivity index (χ3n) is 5.39. The van der Waals surface area contributed by atoms with E-state index in [2.05, 4.69) is 5.32 Å². The number of rotatable bonds is 10. The average molecular weight is 550 g/mol. The van der Waals surface area contributed by atoms with Gasteiger partial charge in [-0.3, -0.25) is 9.10 Å². The van der Waals surface area contributed by atoms with Crippen LogP contribution >= 0.6 is 0 Å². The van der Waals surface area contributed by atoms with Crippen molar-refractivity contribution in [1.82, 2.24) is 9.62 Å². The monoisotopic (exact) mass is 549 g/mol. The molecule has 0 spiro atoms. The van der Waals surface area contributed by atoms with Crippen molar-refractivity contribution in [3.63, 3.8) is 0 Å². The Kier molecular flexibility index (Phi) is 8.52. The number of carbonyl (C=O) groups is 1.